The Hall–Kier alpha value is -3.40. The molecule has 2 fully saturated rings. The molecule has 41 heavy (non-hydrogen) atoms. The Morgan fingerprint density at radius 3 is 2.00 bits per heavy atom. The van der Waals surface area contributed by atoms with Gasteiger partial charge in [0.15, 0.2) is 0 Å². The van der Waals surface area contributed by atoms with E-state index >= 15 is 0 Å². The minimum atomic E-state index is -5.08. The molecule has 2 aromatic rings. The van der Waals surface area contributed by atoms with Crippen LogP contribution >= 0.6 is 0 Å². The van der Waals surface area contributed by atoms with Gasteiger partial charge in [-0.3, -0.25) is 9.59 Å². The van der Waals surface area contributed by atoms with Crippen molar-refractivity contribution in [1.29, 1.82) is 0 Å². The van der Waals surface area contributed by atoms with E-state index < -0.39 is 23.5 Å². The fourth-order valence-electron chi connectivity index (χ4n) is 5.68. The van der Waals surface area contributed by atoms with Gasteiger partial charge in [0.2, 0.25) is 5.91 Å². The fraction of sp³-hybridized carbons (Fsp3) is 0.516. The van der Waals surface area contributed by atoms with Crippen molar-refractivity contribution < 1.29 is 37.8 Å². The van der Waals surface area contributed by atoms with E-state index in [0.717, 1.165) is 44.2 Å². The van der Waals surface area contributed by atoms with Gasteiger partial charge in [-0.15, -0.1) is 0 Å². The van der Waals surface area contributed by atoms with Gasteiger partial charge < -0.3 is 20.4 Å². The van der Waals surface area contributed by atoms with Crippen molar-refractivity contribution in [3.63, 3.8) is 0 Å². The molecule has 0 aromatic heterocycles. The number of hydrogen-bond acceptors (Lipinski definition) is 4. The summed E-state index contributed by atoms with van der Waals surface area (Å²) in [6, 6.07) is 18.1. The molecule has 1 saturated carbocycles. The fourth-order valence-corrected chi connectivity index (χ4v) is 5.68. The molecule has 1 aliphatic heterocycles. The van der Waals surface area contributed by atoms with Crippen LogP contribution in [0.2, 0.25) is 0 Å². The average Bonchev–Trinajstić information content (AvgIpc) is 3.60. The summed E-state index contributed by atoms with van der Waals surface area (Å²) in [5, 5.41) is 18.9. The topological polar surface area (TPSA) is 107 Å². The number of alkyl halides is 3. The molecule has 1 atom stereocenters. The molecule has 1 heterocycles. The van der Waals surface area contributed by atoms with Crippen LogP contribution in [-0.4, -0.2) is 64.8 Å². The lowest BCUT2D eigenvalue weighted by Gasteiger charge is -2.28. The molecule has 0 radical (unpaired) electrons. The quantitative estimate of drug-likeness (QED) is 0.309. The maximum atomic E-state index is 13.1. The molecule has 1 saturated heterocycles. The minimum absolute atomic E-state index is 0.0415. The Balaban J connectivity index is 0.000000587. The first-order valence-corrected chi connectivity index (χ1v) is 14.2. The number of halogens is 3. The molecular formula is C31H39F3N2O5. The van der Waals surface area contributed by atoms with E-state index in [4.69, 9.17) is 15.0 Å². The van der Waals surface area contributed by atoms with Gasteiger partial charge in [0.25, 0.3) is 0 Å². The minimum Gasteiger partial charge on any atom is -0.481 e. The Morgan fingerprint density at radius 2 is 1.51 bits per heavy atom. The molecule has 1 unspecified atom stereocenters. The Bertz CT molecular complexity index is 1160. The Morgan fingerprint density at radius 1 is 0.951 bits per heavy atom. The van der Waals surface area contributed by atoms with Crippen molar-refractivity contribution in [2.24, 2.45) is 0 Å². The van der Waals surface area contributed by atoms with Gasteiger partial charge in [0.1, 0.15) is 0 Å². The van der Waals surface area contributed by atoms with Gasteiger partial charge in [0, 0.05) is 25.6 Å². The lowest BCUT2D eigenvalue weighted by atomic mass is 9.77. The van der Waals surface area contributed by atoms with Gasteiger partial charge in [-0.05, 0) is 74.2 Å². The highest BCUT2D eigenvalue weighted by Gasteiger charge is 2.42. The van der Waals surface area contributed by atoms with Gasteiger partial charge in [-0.25, -0.2) is 4.79 Å². The molecule has 3 N–H and O–H groups in total. The zero-order chi connectivity index (χ0) is 30.0. The molecule has 10 heteroatoms. The van der Waals surface area contributed by atoms with Crippen LogP contribution in [0.1, 0.15) is 69.4 Å². The number of rotatable bonds is 10. The van der Waals surface area contributed by atoms with Crippen molar-refractivity contribution in [2.75, 3.05) is 19.6 Å². The lowest BCUT2D eigenvalue weighted by Crippen LogP contribution is -2.43. The van der Waals surface area contributed by atoms with Crippen LogP contribution in [0.3, 0.4) is 0 Å². The molecule has 4 rings (SSSR count). The normalized spacial score (nSPS) is 18.4. The van der Waals surface area contributed by atoms with Crippen molar-refractivity contribution in [3.8, 4) is 11.1 Å². The third kappa shape index (κ3) is 9.05. The van der Waals surface area contributed by atoms with E-state index in [1.807, 2.05) is 0 Å². The smallest absolute Gasteiger partial charge is 0.481 e. The molecule has 0 spiro atoms. The van der Waals surface area contributed by atoms with Crippen molar-refractivity contribution in [3.05, 3.63) is 59.7 Å². The second-order valence-electron chi connectivity index (χ2n) is 10.9. The molecular weight excluding hydrogens is 537 g/mol. The van der Waals surface area contributed by atoms with Crippen LogP contribution < -0.4 is 5.32 Å². The van der Waals surface area contributed by atoms with Crippen LogP contribution in [0, 0.1) is 0 Å². The lowest BCUT2D eigenvalue weighted by molar-refractivity contribution is -0.192. The summed E-state index contributed by atoms with van der Waals surface area (Å²) in [5.74, 6) is -3.54. The monoisotopic (exact) mass is 576 g/mol. The van der Waals surface area contributed by atoms with E-state index in [0.29, 0.717) is 19.0 Å². The number of nitrogens with one attached hydrogen (secondary N) is 1. The van der Waals surface area contributed by atoms with Gasteiger partial charge >= 0.3 is 18.1 Å². The van der Waals surface area contributed by atoms with E-state index in [9.17, 15) is 22.8 Å². The number of carboxylic acids is 2. The van der Waals surface area contributed by atoms with Crippen LogP contribution in [-0.2, 0) is 26.2 Å². The average molecular weight is 577 g/mol. The number of amides is 1. The number of nitrogens with zero attached hydrogens (tertiary/aromatic N) is 1. The van der Waals surface area contributed by atoms with Crippen LogP contribution in [0.5, 0.6) is 0 Å². The maximum Gasteiger partial charge on any atom is 0.490 e. The molecule has 1 amide bonds. The highest BCUT2D eigenvalue weighted by molar-refractivity contribution is 5.88. The second-order valence-corrected chi connectivity index (χ2v) is 10.9. The first kappa shape index (κ1) is 32.1. The largest absolute Gasteiger partial charge is 0.490 e. The van der Waals surface area contributed by atoms with Crippen LogP contribution in [0.4, 0.5) is 13.2 Å². The standard InChI is InChI=1S/C29H38N2O3.C2HF3O2/c1-22-6-5-20-31(22)21-16-23-8-10-24(11-9-23)25-12-14-26(15-13-25)29(17-2-3-18-29)28(34)30-19-4-7-27(32)33;3-2(4,5)1(6)7/h8-15,22H,2-7,16-21H2,1H3,(H,30,34)(H,32,33);(H,6,7). The van der Waals surface area contributed by atoms with Gasteiger partial charge in [-0.2, -0.15) is 13.2 Å². The highest BCUT2D eigenvalue weighted by Crippen LogP contribution is 2.42. The summed E-state index contributed by atoms with van der Waals surface area (Å²) < 4.78 is 31.7. The van der Waals surface area contributed by atoms with E-state index in [2.05, 4.69) is 65.7 Å². The highest BCUT2D eigenvalue weighted by atomic mass is 19.4. The summed E-state index contributed by atoms with van der Waals surface area (Å²) >= 11 is 0. The van der Waals surface area contributed by atoms with Gasteiger partial charge in [-0.1, -0.05) is 61.4 Å². The molecule has 2 aliphatic rings. The first-order chi connectivity index (χ1) is 19.4. The summed E-state index contributed by atoms with van der Waals surface area (Å²) in [4.78, 5) is 35.3. The number of aliphatic carboxylic acids is 2. The van der Waals surface area contributed by atoms with Gasteiger partial charge in [0.05, 0.1) is 5.41 Å². The number of benzene rings is 2. The third-order valence-corrected chi connectivity index (χ3v) is 8.09. The van der Waals surface area contributed by atoms with Crippen molar-refractivity contribution in [1.82, 2.24) is 10.2 Å². The first-order valence-electron chi connectivity index (χ1n) is 14.2. The summed E-state index contributed by atoms with van der Waals surface area (Å²) in [5.41, 5.74) is 4.32. The van der Waals surface area contributed by atoms with Crippen LogP contribution in [0.25, 0.3) is 11.1 Å². The zero-order valence-corrected chi connectivity index (χ0v) is 23.4. The summed E-state index contributed by atoms with van der Waals surface area (Å²) in [7, 11) is 0. The van der Waals surface area contributed by atoms with E-state index in [-0.39, 0.29) is 12.3 Å². The van der Waals surface area contributed by atoms with Crippen molar-refractivity contribution >= 4 is 17.8 Å². The Labute approximate surface area is 238 Å². The third-order valence-electron chi connectivity index (χ3n) is 8.09. The number of carboxylic acid groups (broad SMARTS) is 2. The predicted octanol–water partition coefficient (Wildman–Crippen LogP) is 5.81. The summed E-state index contributed by atoms with van der Waals surface area (Å²) in [6.07, 6.45) is 2.98. The zero-order valence-electron chi connectivity index (χ0n) is 23.4. The molecule has 2 aromatic carbocycles. The van der Waals surface area contributed by atoms with E-state index in [1.165, 1.54) is 36.1 Å². The maximum absolute atomic E-state index is 13.1. The SMILES string of the molecule is CC1CCCN1CCc1ccc(-c2ccc(C3(C(=O)NCCCC(=O)O)CCCC3)cc2)cc1.O=C(O)C(F)(F)F. The summed E-state index contributed by atoms with van der Waals surface area (Å²) in [6.45, 7) is 5.11. The number of likely N-dealkylation sites (tertiary alicyclic amines) is 1. The molecule has 0 bridgehead atoms. The molecule has 1 aliphatic carbocycles. The second kappa shape index (κ2) is 14.5. The molecule has 7 nitrogen and oxygen atoms in total. The Kier molecular flexibility index (Phi) is 11.3. The van der Waals surface area contributed by atoms with Crippen molar-refractivity contribution in [2.45, 2.75) is 82.3 Å². The number of hydrogen-bond donors (Lipinski definition) is 3. The number of carbonyl (C=O) groups is 3. The number of carbonyl (C=O) groups excluding carboxylic acids is 1. The van der Waals surface area contributed by atoms with E-state index in [1.54, 1.807) is 0 Å². The van der Waals surface area contributed by atoms with Crippen LogP contribution in [0.15, 0.2) is 48.5 Å². The molecule has 224 valence electrons. The predicted molar refractivity (Wildman–Crippen MR) is 150 cm³/mol.